The Kier molecular flexibility index (Phi) is 4.41. The van der Waals surface area contributed by atoms with Crippen LogP contribution in [0.3, 0.4) is 0 Å². The Morgan fingerprint density at radius 3 is 2.50 bits per heavy atom. The second kappa shape index (κ2) is 5.62. The lowest BCUT2D eigenvalue weighted by atomic mass is 10.3. The van der Waals surface area contributed by atoms with Crippen molar-refractivity contribution in [3.05, 3.63) is 0 Å². The fourth-order valence-corrected chi connectivity index (χ4v) is 4.41. The Morgan fingerprint density at radius 1 is 1.31 bits per heavy atom. The van der Waals surface area contributed by atoms with Crippen molar-refractivity contribution in [3.63, 3.8) is 0 Å². The second-order valence-corrected chi connectivity index (χ2v) is 6.53. The Morgan fingerprint density at radius 2 is 2.00 bits per heavy atom. The molecule has 0 bridgehead atoms. The molecule has 1 fully saturated rings. The Bertz CT molecular complexity index is 262. The summed E-state index contributed by atoms with van der Waals surface area (Å²) in [6.45, 7) is 8.00. The number of hydrogen-bond acceptors (Lipinski definition) is 6. The molecule has 0 aliphatic carbocycles. The summed E-state index contributed by atoms with van der Waals surface area (Å²) < 4.78 is 0. The van der Waals surface area contributed by atoms with E-state index >= 15 is 0 Å². The molecule has 6 heteroatoms. The predicted molar refractivity (Wildman–Crippen MR) is 73.8 cm³/mol. The predicted octanol–water partition coefficient (Wildman–Crippen LogP) is 1.22. The van der Waals surface area contributed by atoms with Gasteiger partial charge >= 0.3 is 0 Å². The van der Waals surface area contributed by atoms with E-state index in [9.17, 15) is 0 Å². The van der Waals surface area contributed by atoms with Gasteiger partial charge in [0.25, 0.3) is 0 Å². The smallest absolute Gasteiger partial charge is 0.172 e. The van der Waals surface area contributed by atoms with Gasteiger partial charge in [0.05, 0.1) is 0 Å². The highest BCUT2D eigenvalue weighted by Gasteiger charge is 2.26. The molecule has 0 amide bonds. The van der Waals surface area contributed by atoms with Crippen LogP contribution in [-0.4, -0.2) is 72.2 Å². The van der Waals surface area contributed by atoms with E-state index in [0.717, 1.165) is 13.1 Å². The molecule has 0 spiro atoms. The van der Waals surface area contributed by atoms with Crippen molar-refractivity contribution in [2.75, 3.05) is 46.8 Å². The van der Waals surface area contributed by atoms with Gasteiger partial charge < -0.3 is 9.80 Å². The Labute approximate surface area is 106 Å². The maximum Gasteiger partial charge on any atom is 0.172 e. The average molecular weight is 260 g/mol. The SMILES string of the molecule is CCN1CCN(C2=NC(N(C)C)SS2)CC1. The maximum absolute atomic E-state index is 4.74. The Hall–Kier alpha value is 0.0900. The first kappa shape index (κ1) is 12.5. The van der Waals surface area contributed by atoms with E-state index in [1.165, 1.54) is 24.8 Å². The average Bonchev–Trinajstić information content (AvgIpc) is 2.78. The van der Waals surface area contributed by atoms with E-state index in [1.807, 2.05) is 21.6 Å². The van der Waals surface area contributed by atoms with Crippen molar-refractivity contribution in [2.24, 2.45) is 4.99 Å². The number of piperazine rings is 1. The number of hydrogen-bond donors (Lipinski definition) is 0. The summed E-state index contributed by atoms with van der Waals surface area (Å²) in [6.07, 6.45) is 0. The topological polar surface area (TPSA) is 22.1 Å². The largest absolute Gasteiger partial charge is 0.348 e. The van der Waals surface area contributed by atoms with Crippen molar-refractivity contribution in [3.8, 4) is 0 Å². The standard InChI is InChI=1S/C10H20N4S2/c1-4-13-5-7-14(8-6-13)10-11-9(12(2)3)15-16-10/h9H,4-8H2,1-3H3. The molecular formula is C10H20N4S2. The Balaban J connectivity index is 1.88. The van der Waals surface area contributed by atoms with E-state index in [-0.39, 0.29) is 0 Å². The molecule has 1 unspecified atom stereocenters. The van der Waals surface area contributed by atoms with Crippen molar-refractivity contribution in [2.45, 2.75) is 12.4 Å². The van der Waals surface area contributed by atoms with Crippen LogP contribution < -0.4 is 0 Å². The first-order chi connectivity index (χ1) is 7.70. The molecule has 0 aromatic rings. The first-order valence-corrected chi connectivity index (χ1v) is 7.97. The molecule has 0 aromatic carbocycles. The third-order valence-electron chi connectivity index (χ3n) is 2.96. The summed E-state index contributed by atoms with van der Waals surface area (Å²) in [5.74, 6) is 0. The molecule has 0 radical (unpaired) electrons. The number of nitrogens with zero attached hydrogens (tertiary/aromatic N) is 4. The van der Waals surface area contributed by atoms with E-state index in [0.29, 0.717) is 5.50 Å². The number of likely N-dealkylation sites (N-methyl/N-ethyl adjacent to an activating group) is 1. The molecule has 1 saturated heterocycles. The van der Waals surface area contributed by atoms with Crippen LogP contribution in [0.25, 0.3) is 0 Å². The third kappa shape index (κ3) is 2.85. The zero-order valence-electron chi connectivity index (χ0n) is 10.2. The molecule has 2 heterocycles. The molecular weight excluding hydrogens is 240 g/mol. The van der Waals surface area contributed by atoms with Gasteiger partial charge in [-0.1, -0.05) is 6.92 Å². The highest BCUT2D eigenvalue weighted by atomic mass is 33.1. The minimum atomic E-state index is 0.296. The number of rotatable bonds is 2. The highest BCUT2D eigenvalue weighted by molar-refractivity contribution is 8.82. The van der Waals surface area contributed by atoms with Crippen molar-refractivity contribution in [1.29, 1.82) is 0 Å². The second-order valence-electron chi connectivity index (χ2n) is 4.30. The van der Waals surface area contributed by atoms with Crippen molar-refractivity contribution < 1.29 is 0 Å². The van der Waals surface area contributed by atoms with Crippen molar-refractivity contribution in [1.82, 2.24) is 14.7 Å². The van der Waals surface area contributed by atoms with Crippen LogP contribution in [0.4, 0.5) is 0 Å². The van der Waals surface area contributed by atoms with Gasteiger partial charge in [-0.15, -0.1) is 0 Å². The summed E-state index contributed by atoms with van der Waals surface area (Å²) in [5.41, 5.74) is 0.296. The molecule has 2 aliphatic heterocycles. The fourth-order valence-electron chi connectivity index (χ4n) is 1.81. The highest BCUT2D eigenvalue weighted by Crippen LogP contribution is 2.38. The van der Waals surface area contributed by atoms with E-state index in [2.05, 4.69) is 35.7 Å². The lowest BCUT2D eigenvalue weighted by Gasteiger charge is -2.34. The first-order valence-electron chi connectivity index (χ1n) is 5.75. The summed E-state index contributed by atoms with van der Waals surface area (Å²) >= 11 is 0. The lowest BCUT2D eigenvalue weighted by Crippen LogP contribution is -2.47. The quantitative estimate of drug-likeness (QED) is 0.694. The molecule has 4 nitrogen and oxygen atoms in total. The van der Waals surface area contributed by atoms with E-state index in [1.54, 1.807) is 0 Å². The minimum Gasteiger partial charge on any atom is -0.348 e. The van der Waals surface area contributed by atoms with Gasteiger partial charge in [0.2, 0.25) is 0 Å². The molecule has 2 aliphatic rings. The van der Waals surface area contributed by atoms with Crippen LogP contribution in [0.15, 0.2) is 4.99 Å². The molecule has 0 N–H and O–H groups in total. The molecule has 92 valence electrons. The summed E-state index contributed by atoms with van der Waals surface area (Å²) in [6, 6.07) is 0. The molecule has 0 saturated carbocycles. The van der Waals surface area contributed by atoms with E-state index < -0.39 is 0 Å². The zero-order chi connectivity index (χ0) is 11.5. The van der Waals surface area contributed by atoms with E-state index in [4.69, 9.17) is 4.99 Å². The van der Waals surface area contributed by atoms with Gasteiger partial charge in [0, 0.05) is 26.2 Å². The molecule has 16 heavy (non-hydrogen) atoms. The van der Waals surface area contributed by atoms with Crippen LogP contribution in [0, 0.1) is 0 Å². The van der Waals surface area contributed by atoms with Crippen LogP contribution >= 0.6 is 21.6 Å². The summed E-state index contributed by atoms with van der Waals surface area (Å²) in [4.78, 5) is 11.8. The van der Waals surface area contributed by atoms with Crippen LogP contribution in [0.2, 0.25) is 0 Å². The van der Waals surface area contributed by atoms with Crippen LogP contribution in [0.5, 0.6) is 0 Å². The summed E-state index contributed by atoms with van der Waals surface area (Å²) in [5, 5.41) is 1.22. The molecule has 0 aromatic heterocycles. The normalized spacial score (nSPS) is 27.6. The zero-order valence-corrected chi connectivity index (χ0v) is 11.9. The van der Waals surface area contributed by atoms with Gasteiger partial charge in [0.1, 0.15) is 0 Å². The number of aliphatic imine (C=N–C) groups is 1. The van der Waals surface area contributed by atoms with Gasteiger partial charge in [-0.05, 0) is 42.2 Å². The van der Waals surface area contributed by atoms with Gasteiger partial charge in [0.15, 0.2) is 10.7 Å². The van der Waals surface area contributed by atoms with Gasteiger partial charge in [-0.2, -0.15) is 0 Å². The minimum absolute atomic E-state index is 0.296. The molecule has 1 atom stereocenters. The number of amidine groups is 1. The monoisotopic (exact) mass is 260 g/mol. The van der Waals surface area contributed by atoms with Gasteiger partial charge in [-0.25, -0.2) is 4.99 Å². The lowest BCUT2D eigenvalue weighted by molar-refractivity contribution is 0.191. The maximum atomic E-state index is 4.74. The molecule has 2 rings (SSSR count). The van der Waals surface area contributed by atoms with Crippen molar-refractivity contribution >= 4 is 26.8 Å². The third-order valence-corrected chi connectivity index (χ3v) is 5.52. The summed E-state index contributed by atoms with van der Waals surface area (Å²) in [7, 11) is 7.83. The van der Waals surface area contributed by atoms with Gasteiger partial charge in [-0.3, -0.25) is 4.90 Å². The van der Waals surface area contributed by atoms with Crippen LogP contribution in [0.1, 0.15) is 6.92 Å². The fraction of sp³-hybridized carbons (Fsp3) is 0.900. The van der Waals surface area contributed by atoms with Crippen LogP contribution in [-0.2, 0) is 0 Å².